The van der Waals surface area contributed by atoms with Gasteiger partial charge in [-0.05, 0) is 24.6 Å². The number of halogens is 1. The summed E-state index contributed by atoms with van der Waals surface area (Å²) in [5.74, 6) is 0.211. The van der Waals surface area contributed by atoms with Crippen LogP contribution in [-0.2, 0) is 9.47 Å². The lowest BCUT2D eigenvalue weighted by Crippen LogP contribution is -2.11. The van der Waals surface area contributed by atoms with Gasteiger partial charge in [0.25, 0.3) is 0 Å². The van der Waals surface area contributed by atoms with Gasteiger partial charge in [0, 0.05) is 16.4 Å². The predicted octanol–water partition coefficient (Wildman–Crippen LogP) is 4.55. The van der Waals surface area contributed by atoms with E-state index in [4.69, 9.17) is 21.1 Å². The number of benzene rings is 1. The molecular formula is C16H19ClO3. The lowest BCUT2D eigenvalue weighted by Gasteiger charge is -2.04. The second kappa shape index (κ2) is 5.88. The Morgan fingerprint density at radius 1 is 1.35 bits per heavy atom. The predicted molar refractivity (Wildman–Crippen MR) is 79.7 cm³/mol. The second-order valence-electron chi connectivity index (χ2n) is 5.48. The fraction of sp³-hybridized carbons (Fsp3) is 0.438. The summed E-state index contributed by atoms with van der Waals surface area (Å²) < 4.78 is 10.1. The van der Waals surface area contributed by atoms with E-state index in [2.05, 4.69) is 19.9 Å². The van der Waals surface area contributed by atoms with Crippen LogP contribution in [0.25, 0.3) is 6.08 Å². The molecule has 2 unspecified atom stereocenters. The van der Waals surface area contributed by atoms with Crippen LogP contribution < -0.4 is 0 Å². The highest BCUT2D eigenvalue weighted by atomic mass is 35.5. The zero-order chi connectivity index (χ0) is 14.8. The zero-order valence-corrected chi connectivity index (χ0v) is 12.7. The highest BCUT2D eigenvalue weighted by molar-refractivity contribution is 6.30. The van der Waals surface area contributed by atoms with Gasteiger partial charge in [0.2, 0.25) is 0 Å². The highest BCUT2D eigenvalue weighted by Crippen LogP contribution is 2.55. The molecule has 0 amide bonds. The average Bonchev–Trinajstić information content (AvgIpc) is 2.90. The average molecular weight is 295 g/mol. The van der Waals surface area contributed by atoms with E-state index in [9.17, 15) is 4.79 Å². The Hall–Kier alpha value is -1.48. The summed E-state index contributed by atoms with van der Waals surface area (Å²) in [7, 11) is 0. The maximum atomic E-state index is 11.4. The fourth-order valence-electron chi connectivity index (χ4n) is 2.25. The monoisotopic (exact) mass is 294 g/mol. The standard InChI is InChI=1S/C16H19ClO3/c1-4-19-15(18)20-14-13(16(14,2)3)10-7-11-5-8-12(17)9-6-11/h5-10,13-14H,4H2,1-3H3. The van der Waals surface area contributed by atoms with Gasteiger partial charge in [-0.15, -0.1) is 0 Å². The van der Waals surface area contributed by atoms with Crippen LogP contribution in [0.2, 0.25) is 5.02 Å². The summed E-state index contributed by atoms with van der Waals surface area (Å²) in [6.07, 6.45) is 3.39. The van der Waals surface area contributed by atoms with E-state index in [1.165, 1.54) is 0 Å². The number of ether oxygens (including phenoxy) is 2. The van der Waals surface area contributed by atoms with Crippen molar-refractivity contribution in [2.75, 3.05) is 6.61 Å². The molecule has 0 aromatic heterocycles. The van der Waals surface area contributed by atoms with E-state index in [1.807, 2.05) is 30.3 Å². The van der Waals surface area contributed by atoms with Crippen molar-refractivity contribution in [3.05, 3.63) is 40.9 Å². The van der Waals surface area contributed by atoms with E-state index in [-0.39, 0.29) is 17.4 Å². The maximum absolute atomic E-state index is 11.4. The molecule has 4 heteroatoms. The molecule has 1 saturated carbocycles. The maximum Gasteiger partial charge on any atom is 0.508 e. The van der Waals surface area contributed by atoms with E-state index >= 15 is 0 Å². The summed E-state index contributed by atoms with van der Waals surface area (Å²) in [4.78, 5) is 11.4. The van der Waals surface area contributed by atoms with Crippen molar-refractivity contribution >= 4 is 23.8 Å². The lowest BCUT2D eigenvalue weighted by atomic mass is 10.1. The van der Waals surface area contributed by atoms with Crippen molar-refractivity contribution in [1.29, 1.82) is 0 Å². The molecule has 2 rings (SSSR count). The van der Waals surface area contributed by atoms with Crippen LogP contribution in [0, 0.1) is 11.3 Å². The molecule has 2 atom stereocenters. The van der Waals surface area contributed by atoms with Gasteiger partial charge in [-0.3, -0.25) is 0 Å². The smallest absolute Gasteiger partial charge is 0.435 e. The topological polar surface area (TPSA) is 35.5 Å². The van der Waals surface area contributed by atoms with Gasteiger partial charge >= 0.3 is 6.16 Å². The van der Waals surface area contributed by atoms with E-state index in [1.54, 1.807) is 6.92 Å². The van der Waals surface area contributed by atoms with Crippen molar-refractivity contribution in [2.45, 2.75) is 26.9 Å². The second-order valence-corrected chi connectivity index (χ2v) is 5.92. The Bertz CT molecular complexity index is 505. The van der Waals surface area contributed by atoms with Gasteiger partial charge in [-0.1, -0.05) is 49.7 Å². The lowest BCUT2D eigenvalue weighted by molar-refractivity contribution is 0.0440. The van der Waals surface area contributed by atoms with Crippen LogP contribution in [0.15, 0.2) is 30.3 Å². The molecule has 1 aromatic rings. The minimum atomic E-state index is -0.590. The highest BCUT2D eigenvalue weighted by Gasteiger charge is 2.59. The molecule has 1 fully saturated rings. The summed E-state index contributed by atoms with van der Waals surface area (Å²) in [5, 5.41) is 0.720. The molecule has 3 nitrogen and oxygen atoms in total. The van der Waals surface area contributed by atoms with Crippen LogP contribution in [0.3, 0.4) is 0 Å². The molecule has 0 bridgehead atoms. The Balaban J connectivity index is 1.96. The Kier molecular flexibility index (Phi) is 4.39. The fourth-order valence-corrected chi connectivity index (χ4v) is 2.37. The zero-order valence-electron chi connectivity index (χ0n) is 11.9. The Labute approximate surface area is 124 Å². The van der Waals surface area contributed by atoms with Crippen LogP contribution >= 0.6 is 11.6 Å². The first-order valence-electron chi connectivity index (χ1n) is 6.72. The quantitative estimate of drug-likeness (QED) is 0.764. The normalized spacial score (nSPS) is 23.6. The van der Waals surface area contributed by atoms with Crippen LogP contribution in [0.1, 0.15) is 26.3 Å². The van der Waals surface area contributed by atoms with Crippen LogP contribution in [0.5, 0.6) is 0 Å². The first-order valence-corrected chi connectivity index (χ1v) is 7.10. The molecule has 0 aliphatic heterocycles. The van der Waals surface area contributed by atoms with E-state index in [0.717, 1.165) is 10.6 Å². The third-order valence-electron chi connectivity index (χ3n) is 3.66. The van der Waals surface area contributed by atoms with Crippen LogP contribution in [-0.4, -0.2) is 18.9 Å². The number of rotatable bonds is 4. The first kappa shape index (κ1) is 14.9. The summed E-state index contributed by atoms with van der Waals surface area (Å²) in [6.45, 7) is 6.25. The van der Waals surface area contributed by atoms with Gasteiger partial charge in [-0.25, -0.2) is 4.79 Å². The Morgan fingerprint density at radius 3 is 2.60 bits per heavy atom. The minimum absolute atomic E-state index is 0.0459. The third kappa shape index (κ3) is 3.34. The summed E-state index contributed by atoms with van der Waals surface area (Å²) in [5.41, 5.74) is 1.03. The van der Waals surface area contributed by atoms with Crippen molar-refractivity contribution in [1.82, 2.24) is 0 Å². The number of hydrogen-bond donors (Lipinski definition) is 0. The van der Waals surface area contributed by atoms with Gasteiger partial charge < -0.3 is 9.47 Å². The number of hydrogen-bond acceptors (Lipinski definition) is 3. The van der Waals surface area contributed by atoms with Gasteiger partial charge in [0.1, 0.15) is 6.10 Å². The largest absolute Gasteiger partial charge is 0.508 e. The SMILES string of the molecule is CCOC(=O)OC1C(C=Cc2ccc(Cl)cc2)C1(C)C. The van der Waals surface area contributed by atoms with Crippen molar-refractivity contribution in [2.24, 2.45) is 11.3 Å². The van der Waals surface area contributed by atoms with Crippen molar-refractivity contribution < 1.29 is 14.3 Å². The summed E-state index contributed by atoms with van der Waals surface area (Å²) >= 11 is 5.85. The van der Waals surface area contributed by atoms with Gasteiger partial charge in [0.15, 0.2) is 0 Å². The molecule has 0 saturated heterocycles. The molecule has 1 aliphatic carbocycles. The molecule has 1 aromatic carbocycles. The first-order chi connectivity index (χ1) is 9.45. The molecule has 108 valence electrons. The van der Waals surface area contributed by atoms with Crippen molar-refractivity contribution in [3.8, 4) is 0 Å². The summed E-state index contributed by atoms with van der Waals surface area (Å²) in [6, 6.07) is 7.61. The molecule has 1 aliphatic rings. The molecule has 0 radical (unpaired) electrons. The minimum Gasteiger partial charge on any atom is -0.435 e. The van der Waals surface area contributed by atoms with Crippen molar-refractivity contribution in [3.63, 3.8) is 0 Å². The van der Waals surface area contributed by atoms with Gasteiger partial charge in [0.05, 0.1) is 6.61 Å². The number of carbonyl (C=O) groups is 1. The molecular weight excluding hydrogens is 276 g/mol. The third-order valence-corrected chi connectivity index (χ3v) is 3.91. The Morgan fingerprint density at radius 2 is 2.00 bits per heavy atom. The van der Waals surface area contributed by atoms with Crippen LogP contribution in [0.4, 0.5) is 4.79 Å². The molecule has 0 heterocycles. The molecule has 0 spiro atoms. The van der Waals surface area contributed by atoms with E-state index in [0.29, 0.717) is 6.61 Å². The molecule has 0 N–H and O–H groups in total. The van der Waals surface area contributed by atoms with Gasteiger partial charge in [-0.2, -0.15) is 0 Å². The molecule has 20 heavy (non-hydrogen) atoms. The number of carbonyl (C=O) groups excluding carboxylic acids is 1. The van der Waals surface area contributed by atoms with E-state index < -0.39 is 6.16 Å².